The van der Waals surface area contributed by atoms with Crippen molar-refractivity contribution in [2.45, 2.75) is 64.5 Å². The normalized spacial score (nSPS) is 37.4. The van der Waals surface area contributed by atoms with E-state index in [0.29, 0.717) is 24.6 Å². The molecule has 3 nitrogen and oxygen atoms in total. The van der Waals surface area contributed by atoms with Crippen molar-refractivity contribution in [2.24, 2.45) is 11.8 Å². The van der Waals surface area contributed by atoms with Gasteiger partial charge in [-0.2, -0.15) is 0 Å². The molecule has 2 fully saturated rings. The topological polar surface area (TPSA) is 35.5 Å². The van der Waals surface area contributed by atoms with Gasteiger partial charge in [0.15, 0.2) is 0 Å². The molecule has 1 saturated heterocycles. The minimum absolute atomic E-state index is 0.333. The quantitative estimate of drug-likeness (QED) is 0.751. The number of hydrogen-bond acceptors (Lipinski definition) is 3. The summed E-state index contributed by atoms with van der Waals surface area (Å²) in [4.78, 5) is 2.56. The highest BCUT2D eigenvalue weighted by Gasteiger charge is 2.33. The molecule has 1 aliphatic carbocycles. The third-order valence-corrected chi connectivity index (χ3v) is 5.28. The van der Waals surface area contributed by atoms with E-state index < -0.39 is 0 Å². The molecule has 2 rings (SSSR count). The van der Waals surface area contributed by atoms with Crippen LogP contribution < -0.4 is 5.32 Å². The first-order valence-corrected chi connectivity index (χ1v) is 8.34. The summed E-state index contributed by atoms with van der Waals surface area (Å²) in [5.41, 5.74) is 0. The molecular formula is C16H32N2O. The van der Waals surface area contributed by atoms with E-state index >= 15 is 0 Å². The molecular weight excluding hydrogens is 236 g/mol. The smallest absolute Gasteiger partial charge is 0.0589 e. The Balaban J connectivity index is 1.94. The summed E-state index contributed by atoms with van der Waals surface area (Å²) >= 11 is 0. The Labute approximate surface area is 118 Å². The van der Waals surface area contributed by atoms with Crippen LogP contribution in [0.2, 0.25) is 0 Å². The predicted octanol–water partition coefficient (Wildman–Crippen LogP) is 2.25. The van der Waals surface area contributed by atoms with Crippen LogP contribution in [-0.4, -0.2) is 48.3 Å². The number of aliphatic hydroxyl groups excluding tert-OH is 1. The van der Waals surface area contributed by atoms with Crippen molar-refractivity contribution in [3.05, 3.63) is 0 Å². The average molecular weight is 268 g/mol. The second-order valence-electron chi connectivity index (χ2n) is 6.57. The van der Waals surface area contributed by atoms with Gasteiger partial charge in [-0.3, -0.25) is 4.90 Å². The fraction of sp³-hybridized carbons (Fsp3) is 1.00. The monoisotopic (exact) mass is 268 g/mol. The number of aliphatic hydroxyl groups is 1. The number of nitrogens with zero attached hydrogens (tertiary/aromatic N) is 1. The van der Waals surface area contributed by atoms with Crippen molar-refractivity contribution >= 4 is 0 Å². The first kappa shape index (κ1) is 15.3. The molecule has 4 atom stereocenters. The van der Waals surface area contributed by atoms with Crippen molar-refractivity contribution in [3.63, 3.8) is 0 Å². The van der Waals surface area contributed by atoms with E-state index in [-0.39, 0.29) is 0 Å². The summed E-state index contributed by atoms with van der Waals surface area (Å²) in [6.45, 7) is 8.29. The zero-order valence-corrected chi connectivity index (χ0v) is 12.8. The van der Waals surface area contributed by atoms with E-state index in [2.05, 4.69) is 24.1 Å². The second kappa shape index (κ2) is 7.61. The van der Waals surface area contributed by atoms with E-state index in [1.54, 1.807) is 0 Å². The fourth-order valence-corrected chi connectivity index (χ4v) is 4.04. The van der Waals surface area contributed by atoms with Gasteiger partial charge in [-0.05, 0) is 44.2 Å². The molecule has 0 spiro atoms. The van der Waals surface area contributed by atoms with Crippen molar-refractivity contribution in [2.75, 3.05) is 26.2 Å². The lowest BCUT2D eigenvalue weighted by atomic mass is 9.93. The van der Waals surface area contributed by atoms with Crippen LogP contribution in [0.25, 0.3) is 0 Å². The SMILES string of the molecule is CCNC1CCCCCC1CN1CCC(C)C1CO. The highest BCUT2D eigenvalue weighted by atomic mass is 16.3. The molecule has 1 aliphatic heterocycles. The standard InChI is InChI=1S/C16H32N2O/c1-3-17-15-8-6-4-5-7-14(15)11-18-10-9-13(2)16(18)12-19/h13-17,19H,3-12H2,1-2H3. The van der Waals surface area contributed by atoms with Crippen LogP contribution >= 0.6 is 0 Å². The molecule has 2 aliphatic rings. The van der Waals surface area contributed by atoms with E-state index in [1.165, 1.54) is 51.6 Å². The van der Waals surface area contributed by atoms with Gasteiger partial charge in [-0.25, -0.2) is 0 Å². The lowest BCUT2D eigenvalue weighted by Gasteiger charge is -2.33. The van der Waals surface area contributed by atoms with Gasteiger partial charge in [0.1, 0.15) is 0 Å². The number of likely N-dealkylation sites (tertiary alicyclic amines) is 1. The molecule has 3 heteroatoms. The Morgan fingerprint density at radius 1 is 1.16 bits per heavy atom. The second-order valence-corrected chi connectivity index (χ2v) is 6.57. The molecule has 0 aromatic rings. The lowest BCUT2D eigenvalue weighted by molar-refractivity contribution is 0.114. The maximum Gasteiger partial charge on any atom is 0.0589 e. The molecule has 0 amide bonds. The van der Waals surface area contributed by atoms with Crippen LogP contribution in [-0.2, 0) is 0 Å². The summed E-state index contributed by atoms with van der Waals surface area (Å²) in [6.07, 6.45) is 8.13. The number of nitrogens with one attached hydrogen (secondary N) is 1. The fourth-order valence-electron chi connectivity index (χ4n) is 4.04. The molecule has 1 saturated carbocycles. The van der Waals surface area contributed by atoms with Gasteiger partial charge in [0.05, 0.1) is 6.61 Å². The van der Waals surface area contributed by atoms with Crippen LogP contribution in [0.3, 0.4) is 0 Å². The Hall–Kier alpha value is -0.120. The summed E-state index contributed by atoms with van der Waals surface area (Å²) in [6, 6.07) is 1.10. The Morgan fingerprint density at radius 2 is 1.95 bits per heavy atom. The van der Waals surface area contributed by atoms with Crippen LogP contribution in [0.5, 0.6) is 0 Å². The third-order valence-electron chi connectivity index (χ3n) is 5.28. The maximum atomic E-state index is 9.60. The van der Waals surface area contributed by atoms with Crippen molar-refractivity contribution in [1.82, 2.24) is 10.2 Å². The number of rotatable bonds is 5. The van der Waals surface area contributed by atoms with E-state index in [1.807, 2.05) is 0 Å². The Bertz CT molecular complexity index is 259. The van der Waals surface area contributed by atoms with Gasteiger partial charge in [0.25, 0.3) is 0 Å². The zero-order chi connectivity index (χ0) is 13.7. The third kappa shape index (κ3) is 3.93. The minimum Gasteiger partial charge on any atom is -0.395 e. The summed E-state index contributed by atoms with van der Waals surface area (Å²) in [5, 5.41) is 13.3. The average Bonchev–Trinajstić information content (AvgIpc) is 2.60. The van der Waals surface area contributed by atoms with Crippen LogP contribution in [0, 0.1) is 11.8 Å². The molecule has 0 bridgehead atoms. The lowest BCUT2D eigenvalue weighted by Crippen LogP contribution is -2.45. The van der Waals surface area contributed by atoms with Gasteiger partial charge in [0.2, 0.25) is 0 Å². The Kier molecular flexibility index (Phi) is 6.11. The van der Waals surface area contributed by atoms with E-state index in [4.69, 9.17) is 0 Å². The van der Waals surface area contributed by atoms with Gasteiger partial charge < -0.3 is 10.4 Å². The molecule has 4 unspecified atom stereocenters. The molecule has 2 N–H and O–H groups in total. The molecule has 19 heavy (non-hydrogen) atoms. The first-order valence-electron chi connectivity index (χ1n) is 8.34. The molecule has 112 valence electrons. The highest BCUT2D eigenvalue weighted by Crippen LogP contribution is 2.29. The highest BCUT2D eigenvalue weighted by molar-refractivity contribution is 4.88. The van der Waals surface area contributed by atoms with Gasteiger partial charge in [-0.1, -0.05) is 33.1 Å². The van der Waals surface area contributed by atoms with Gasteiger partial charge in [-0.15, -0.1) is 0 Å². The van der Waals surface area contributed by atoms with Crippen molar-refractivity contribution < 1.29 is 5.11 Å². The summed E-state index contributed by atoms with van der Waals surface area (Å²) in [7, 11) is 0. The van der Waals surface area contributed by atoms with Gasteiger partial charge in [0, 0.05) is 18.6 Å². The summed E-state index contributed by atoms with van der Waals surface area (Å²) < 4.78 is 0. The molecule has 0 aromatic carbocycles. The van der Waals surface area contributed by atoms with E-state index in [9.17, 15) is 5.11 Å². The predicted molar refractivity (Wildman–Crippen MR) is 80.3 cm³/mol. The summed E-state index contributed by atoms with van der Waals surface area (Å²) in [5.74, 6) is 1.44. The van der Waals surface area contributed by atoms with E-state index in [0.717, 1.165) is 12.5 Å². The first-order chi connectivity index (χ1) is 9.26. The largest absolute Gasteiger partial charge is 0.395 e. The zero-order valence-electron chi connectivity index (χ0n) is 12.8. The van der Waals surface area contributed by atoms with Crippen LogP contribution in [0.1, 0.15) is 52.4 Å². The van der Waals surface area contributed by atoms with Crippen LogP contribution in [0.4, 0.5) is 0 Å². The van der Waals surface area contributed by atoms with Gasteiger partial charge >= 0.3 is 0 Å². The number of hydrogen-bond donors (Lipinski definition) is 2. The van der Waals surface area contributed by atoms with Crippen LogP contribution in [0.15, 0.2) is 0 Å². The Morgan fingerprint density at radius 3 is 2.68 bits per heavy atom. The van der Waals surface area contributed by atoms with Crippen molar-refractivity contribution in [3.8, 4) is 0 Å². The molecule has 0 aromatic heterocycles. The van der Waals surface area contributed by atoms with Crippen molar-refractivity contribution in [1.29, 1.82) is 0 Å². The minimum atomic E-state index is 0.333. The molecule has 0 radical (unpaired) electrons. The maximum absolute atomic E-state index is 9.60. The molecule has 1 heterocycles.